The second-order valence-corrected chi connectivity index (χ2v) is 9.15. The Morgan fingerprint density at radius 1 is 1.29 bits per heavy atom. The van der Waals surface area contributed by atoms with E-state index in [4.69, 9.17) is 28.9 Å². The third-order valence-corrected chi connectivity index (χ3v) is 6.55. The van der Waals surface area contributed by atoms with E-state index < -0.39 is 5.97 Å². The van der Waals surface area contributed by atoms with Crippen molar-refractivity contribution in [3.8, 4) is 0 Å². The van der Waals surface area contributed by atoms with Gasteiger partial charge in [-0.1, -0.05) is 54.1 Å². The second-order valence-electron chi connectivity index (χ2n) is 7.11. The van der Waals surface area contributed by atoms with Gasteiger partial charge in [-0.05, 0) is 43.5 Å². The minimum atomic E-state index is -0.819. The van der Waals surface area contributed by atoms with Gasteiger partial charge in [0.25, 0.3) is 5.91 Å². The number of carboxylic acid groups (broad SMARTS) is 1. The van der Waals surface area contributed by atoms with Crippen LogP contribution in [0, 0.1) is 12.7 Å². The van der Waals surface area contributed by atoms with Gasteiger partial charge in [0, 0.05) is 18.5 Å². The van der Waals surface area contributed by atoms with Crippen LogP contribution in [0.1, 0.15) is 42.5 Å². The highest BCUT2D eigenvalue weighted by Crippen LogP contribution is 2.35. The molecule has 0 radical (unpaired) electrons. The molecule has 164 valence electrons. The lowest BCUT2D eigenvalue weighted by atomic mass is 10.2. The van der Waals surface area contributed by atoms with Crippen molar-refractivity contribution in [3.05, 3.63) is 57.0 Å². The lowest BCUT2D eigenvalue weighted by Gasteiger charge is -2.13. The van der Waals surface area contributed by atoms with Crippen LogP contribution in [0.4, 0.5) is 4.39 Å². The number of halogens is 2. The third kappa shape index (κ3) is 5.93. The largest absolute Gasteiger partial charge is 0.481 e. The SMILES string of the molecule is Cc1nn(Cc2ccc(F)cc2)c(Cl)c1/C=C1\SC(=S)N(CCCCCC(=O)O)C1=O. The molecular formula is C21H21ClFN3O3S2. The highest BCUT2D eigenvalue weighted by molar-refractivity contribution is 8.26. The standard InChI is InChI=1S/C21H21ClFN3O3S2/c1-13-16(19(22)26(24-13)12-14-6-8-15(23)9-7-14)11-17-20(29)25(21(30)31-17)10-4-2-3-5-18(27)28/h6-9,11H,2-5,10,12H2,1H3,(H,27,28)/b17-11-. The van der Waals surface area contributed by atoms with E-state index >= 15 is 0 Å². The second kappa shape index (κ2) is 10.4. The van der Waals surface area contributed by atoms with Crippen LogP contribution in [-0.2, 0) is 16.1 Å². The number of aryl methyl sites for hydroxylation is 1. The number of thiocarbonyl (C=S) groups is 1. The Kier molecular flexibility index (Phi) is 7.85. The molecule has 1 aliphatic rings. The molecule has 0 spiro atoms. The number of aliphatic carboxylic acids is 1. The number of hydrogen-bond acceptors (Lipinski definition) is 5. The topological polar surface area (TPSA) is 75.4 Å². The Balaban J connectivity index is 1.69. The van der Waals surface area contributed by atoms with Crippen LogP contribution in [0.25, 0.3) is 6.08 Å². The predicted octanol–water partition coefficient (Wildman–Crippen LogP) is 4.88. The van der Waals surface area contributed by atoms with E-state index in [1.54, 1.807) is 27.8 Å². The molecule has 0 aliphatic carbocycles. The van der Waals surface area contributed by atoms with Gasteiger partial charge in [0.2, 0.25) is 0 Å². The van der Waals surface area contributed by atoms with E-state index in [1.165, 1.54) is 23.9 Å². The number of carbonyl (C=O) groups excluding carboxylic acids is 1. The zero-order chi connectivity index (χ0) is 22.5. The van der Waals surface area contributed by atoms with Crippen LogP contribution < -0.4 is 0 Å². The maximum absolute atomic E-state index is 13.1. The number of unbranched alkanes of at least 4 members (excludes halogenated alkanes) is 2. The smallest absolute Gasteiger partial charge is 0.303 e. The van der Waals surface area contributed by atoms with Crippen molar-refractivity contribution >= 4 is 57.9 Å². The molecule has 3 rings (SSSR count). The van der Waals surface area contributed by atoms with Crippen molar-refractivity contribution in [2.75, 3.05) is 6.54 Å². The Bertz CT molecular complexity index is 1040. The highest BCUT2D eigenvalue weighted by atomic mass is 35.5. The number of amides is 1. The van der Waals surface area contributed by atoms with Gasteiger partial charge < -0.3 is 5.11 Å². The Hall–Kier alpha value is -2.23. The number of hydrogen-bond donors (Lipinski definition) is 1. The quantitative estimate of drug-likeness (QED) is 0.312. The summed E-state index contributed by atoms with van der Waals surface area (Å²) < 4.78 is 15.2. The summed E-state index contributed by atoms with van der Waals surface area (Å²) in [6.45, 7) is 2.64. The summed E-state index contributed by atoms with van der Waals surface area (Å²) >= 11 is 13.1. The molecule has 1 fully saturated rings. The van der Waals surface area contributed by atoms with E-state index in [0.717, 1.165) is 5.56 Å². The number of thioether (sulfide) groups is 1. The van der Waals surface area contributed by atoms with Gasteiger partial charge >= 0.3 is 5.97 Å². The summed E-state index contributed by atoms with van der Waals surface area (Å²) in [6, 6.07) is 6.11. The first-order valence-electron chi connectivity index (χ1n) is 9.70. The van der Waals surface area contributed by atoms with E-state index in [-0.39, 0.29) is 18.1 Å². The molecule has 1 aromatic heterocycles. The molecule has 2 heterocycles. The number of carbonyl (C=O) groups is 2. The average Bonchev–Trinajstić information content (AvgIpc) is 3.13. The minimum Gasteiger partial charge on any atom is -0.481 e. The van der Waals surface area contributed by atoms with E-state index in [9.17, 15) is 14.0 Å². The van der Waals surface area contributed by atoms with E-state index in [2.05, 4.69) is 5.10 Å². The molecule has 0 bridgehead atoms. The van der Waals surface area contributed by atoms with Crippen LogP contribution in [0.2, 0.25) is 5.15 Å². The van der Waals surface area contributed by atoms with Crippen LogP contribution in [0.5, 0.6) is 0 Å². The number of nitrogens with zero attached hydrogens (tertiary/aromatic N) is 3. The molecule has 31 heavy (non-hydrogen) atoms. The lowest BCUT2D eigenvalue weighted by Crippen LogP contribution is -2.29. The fraction of sp³-hybridized carbons (Fsp3) is 0.333. The van der Waals surface area contributed by atoms with Crippen LogP contribution in [0.3, 0.4) is 0 Å². The van der Waals surface area contributed by atoms with Crippen molar-refractivity contribution in [1.82, 2.24) is 14.7 Å². The van der Waals surface area contributed by atoms with Crippen molar-refractivity contribution in [2.45, 2.75) is 39.2 Å². The molecule has 1 N–H and O–H groups in total. The molecule has 1 aliphatic heterocycles. The molecule has 1 saturated heterocycles. The zero-order valence-corrected chi connectivity index (χ0v) is 19.2. The molecule has 10 heteroatoms. The molecule has 1 aromatic carbocycles. The van der Waals surface area contributed by atoms with Gasteiger partial charge in [-0.25, -0.2) is 9.07 Å². The lowest BCUT2D eigenvalue weighted by molar-refractivity contribution is -0.137. The van der Waals surface area contributed by atoms with Crippen LogP contribution in [-0.4, -0.2) is 42.5 Å². The number of aromatic nitrogens is 2. The van der Waals surface area contributed by atoms with Crippen molar-refractivity contribution in [3.63, 3.8) is 0 Å². The van der Waals surface area contributed by atoms with Gasteiger partial charge in [0.05, 0.1) is 17.1 Å². The number of carboxylic acids is 1. The van der Waals surface area contributed by atoms with Gasteiger partial charge in [0.15, 0.2) is 0 Å². The fourth-order valence-electron chi connectivity index (χ4n) is 3.15. The zero-order valence-electron chi connectivity index (χ0n) is 16.8. The van der Waals surface area contributed by atoms with Gasteiger partial charge in [-0.3, -0.25) is 14.5 Å². The maximum atomic E-state index is 13.1. The van der Waals surface area contributed by atoms with Crippen molar-refractivity contribution in [1.29, 1.82) is 0 Å². The monoisotopic (exact) mass is 481 g/mol. The summed E-state index contributed by atoms with van der Waals surface area (Å²) in [5.41, 5.74) is 2.17. The van der Waals surface area contributed by atoms with Crippen molar-refractivity contribution < 1.29 is 19.1 Å². The van der Waals surface area contributed by atoms with E-state index in [1.807, 2.05) is 6.92 Å². The highest BCUT2D eigenvalue weighted by Gasteiger charge is 2.32. The molecular weight excluding hydrogens is 461 g/mol. The Labute approximate surface area is 194 Å². The molecule has 0 atom stereocenters. The fourth-order valence-corrected chi connectivity index (χ4v) is 4.72. The average molecular weight is 482 g/mol. The summed E-state index contributed by atoms with van der Waals surface area (Å²) in [5, 5.41) is 13.5. The minimum absolute atomic E-state index is 0.123. The van der Waals surface area contributed by atoms with Crippen molar-refractivity contribution in [2.24, 2.45) is 0 Å². The Morgan fingerprint density at radius 3 is 2.68 bits per heavy atom. The predicted molar refractivity (Wildman–Crippen MR) is 123 cm³/mol. The third-order valence-electron chi connectivity index (χ3n) is 4.78. The molecule has 6 nitrogen and oxygen atoms in total. The van der Waals surface area contributed by atoms with Crippen LogP contribution >= 0.6 is 35.6 Å². The number of rotatable bonds is 9. The first-order chi connectivity index (χ1) is 14.8. The van der Waals surface area contributed by atoms with Gasteiger partial charge in [0.1, 0.15) is 15.3 Å². The van der Waals surface area contributed by atoms with E-state index in [0.29, 0.717) is 58.0 Å². The first-order valence-corrected chi connectivity index (χ1v) is 11.3. The normalized spacial score (nSPS) is 15.3. The summed E-state index contributed by atoms with van der Waals surface area (Å²) in [7, 11) is 0. The summed E-state index contributed by atoms with van der Waals surface area (Å²) in [6.07, 6.45) is 3.79. The molecule has 2 aromatic rings. The summed E-state index contributed by atoms with van der Waals surface area (Å²) in [5.74, 6) is -1.31. The molecule has 0 unspecified atom stereocenters. The molecule has 0 saturated carbocycles. The first kappa shape index (κ1) is 23.4. The molecule has 1 amide bonds. The van der Waals surface area contributed by atoms with Gasteiger partial charge in [-0.2, -0.15) is 5.10 Å². The maximum Gasteiger partial charge on any atom is 0.303 e. The van der Waals surface area contributed by atoms with Crippen LogP contribution in [0.15, 0.2) is 29.2 Å². The number of benzene rings is 1. The summed E-state index contributed by atoms with van der Waals surface area (Å²) in [4.78, 5) is 25.4. The van der Waals surface area contributed by atoms with Gasteiger partial charge in [-0.15, -0.1) is 0 Å². The Morgan fingerprint density at radius 2 is 2.00 bits per heavy atom.